The summed E-state index contributed by atoms with van der Waals surface area (Å²) in [4.78, 5) is 10.6. The van der Waals surface area contributed by atoms with Gasteiger partial charge in [0.25, 0.3) is 0 Å². The zero-order valence-electron chi connectivity index (χ0n) is 14.2. The topological polar surface area (TPSA) is 110 Å². The number of fused-ring (bicyclic) bond motifs is 1. The molecular formula is C17H21N5O3S. The number of nitrogens with two attached hydrogens (primary N) is 1. The van der Waals surface area contributed by atoms with Gasteiger partial charge in [-0.25, -0.2) is 9.97 Å². The van der Waals surface area contributed by atoms with Crippen molar-refractivity contribution in [3.63, 3.8) is 0 Å². The molecule has 0 spiro atoms. The molecule has 4 heterocycles. The molecule has 0 amide bonds. The minimum atomic E-state index is -0.927. The molecule has 4 N–H and O–H groups in total. The number of hydrogen-bond acceptors (Lipinski definition) is 8. The minimum Gasteiger partial charge on any atom is -0.389 e. The molecule has 0 aliphatic carbocycles. The Morgan fingerprint density at radius 3 is 2.81 bits per heavy atom. The van der Waals surface area contributed by atoms with E-state index in [0.717, 1.165) is 13.1 Å². The van der Waals surface area contributed by atoms with Crippen molar-refractivity contribution in [3.8, 4) is 12.3 Å². The Labute approximate surface area is 155 Å². The molecule has 2 fully saturated rings. The lowest BCUT2D eigenvalue weighted by molar-refractivity contribution is 0.00171. The fraction of sp³-hybridized carbons (Fsp3) is 0.529. The molecule has 8 nitrogen and oxygen atoms in total. The summed E-state index contributed by atoms with van der Waals surface area (Å²) >= 11 is 1.53. The largest absolute Gasteiger partial charge is 0.389 e. The van der Waals surface area contributed by atoms with Gasteiger partial charge in [-0.3, -0.25) is 4.90 Å². The van der Waals surface area contributed by atoms with Crippen LogP contribution in [0.25, 0.3) is 11.0 Å². The van der Waals surface area contributed by atoms with Crippen molar-refractivity contribution in [3.05, 3.63) is 18.1 Å². The second kappa shape index (κ2) is 7.06. The summed E-state index contributed by atoms with van der Waals surface area (Å²) in [5.41, 5.74) is 7.11. The number of nitrogen functional groups attached to an aromatic ring is 1. The number of rotatable bonds is 3. The van der Waals surface area contributed by atoms with Crippen molar-refractivity contribution < 1.29 is 14.9 Å². The van der Waals surface area contributed by atoms with E-state index in [1.165, 1.54) is 18.1 Å². The van der Waals surface area contributed by atoms with Crippen LogP contribution in [0.1, 0.15) is 10.9 Å². The molecule has 4 atom stereocenters. The van der Waals surface area contributed by atoms with Crippen molar-refractivity contribution in [1.29, 1.82) is 0 Å². The number of aliphatic hydroxyl groups is 2. The average Bonchev–Trinajstić information content (AvgIpc) is 3.16. The number of hydrogen-bond donors (Lipinski definition) is 3. The van der Waals surface area contributed by atoms with Gasteiger partial charge in [0.05, 0.1) is 30.3 Å². The highest BCUT2D eigenvalue weighted by Gasteiger charge is 2.44. The van der Waals surface area contributed by atoms with E-state index in [9.17, 15) is 10.2 Å². The molecule has 138 valence electrons. The van der Waals surface area contributed by atoms with Crippen LogP contribution in [0.3, 0.4) is 0 Å². The molecule has 4 rings (SSSR count). The minimum absolute atomic E-state index is 0.112. The molecule has 26 heavy (non-hydrogen) atoms. The highest BCUT2D eigenvalue weighted by molar-refractivity contribution is 8.00. The third-order valence-corrected chi connectivity index (χ3v) is 6.51. The van der Waals surface area contributed by atoms with E-state index in [2.05, 4.69) is 20.8 Å². The standard InChI is InChI=1S/C17H21N5O3S/c1-2-10-7-22(16-12(10)15(18)19-9-20-16)17-14(24)13(23)11(26-17)8-21-3-5-25-6-4-21/h1,7,9,11,13-14,17,23-24H,3-6,8H2,(H2,18,19,20)/t11-,13?,14?,17-/m1/s1. The number of anilines is 1. The monoisotopic (exact) mass is 375 g/mol. The maximum Gasteiger partial charge on any atom is 0.147 e. The summed E-state index contributed by atoms with van der Waals surface area (Å²) in [6.07, 6.45) is 6.96. The second-order valence-corrected chi connectivity index (χ2v) is 7.87. The Bertz CT molecular complexity index is 845. The number of ether oxygens (including phenoxy) is 1. The van der Waals surface area contributed by atoms with Gasteiger partial charge in [0.1, 0.15) is 29.3 Å². The van der Waals surface area contributed by atoms with Crippen LogP contribution >= 0.6 is 11.8 Å². The maximum absolute atomic E-state index is 10.7. The lowest BCUT2D eigenvalue weighted by Crippen LogP contribution is -2.43. The molecule has 0 saturated carbocycles. The quantitative estimate of drug-likeness (QED) is 0.626. The van der Waals surface area contributed by atoms with Gasteiger partial charge in [-0.05, 0) is 0 Å². The molecule has 2 aromatic rings. The van der Waals surface area contributed by atoms with E-state index >= 15 is 0 Å². The van der Waals surface area contributed by atoms with E-state index in [0.29, 0.717) is 42.2 Å². The Kier molecular flexibility index (Phi) is 4.77. The van der Waals surface area contributed by atoms with Gasteiger partial charge in [-0.15, -0.1) is 18.2 Å². The van der Waals surface area contributed by atoms with Crippen LogP contribution in [0.4, 0.5) is 5.82 Å². The molecular weight excluding hydrogens is 354 g/mol. The molecule has 0 bridgehead atoms. The van der Waals surface area contributed by atoms with Gasteiger partial charge < -0.3 is 25.3 Å². The molecule has 2 saturated heterocycles. The fourth-order valence-electron chi connectivity index (χ4n) is 3.56. The summed E-state index contributed by atoms with van der Waals surface area (Å²) in [7, 11) is 0. The molecule has 0 radical (unpaired) electrons. The first kappa shape index (κ1) is 17.6. The van der Waals surface area contributed by atoms with Crippen LogP contribution in [-0.4, -0.2) is 80.0 Å². The zero-order chi connectivity index (χ0) is 18.3. The van der Waals surface area contributed by atoms with Crippen LogP contribution in [0.2, 0.25) is 0 Å². The first-order valence-electron chi connectivity index (χ1n) is 8.49. The van der Waals surface area contributed by atoms with E-state index in [1.54, 1.807) is 10.8 Å². The fourth-order valence-corrected chi connectivity index (χ4v) is 5.15. The number of aromatic nitrogens is 3. The predicted octanol–water partition coefficient (Wildman–Crippen LogP) is -0.337. The van der Waals surface area contributed by atoms with Crippen molar-refractivity contribution in [2.24, 2.45) is 0 Å². The number of thioether (sulfide) groups is 1. The first-order valence-corrected chi connectivity index (χ1v) is 9.43. The lowest BCUT2D eigenvalue weighted by Gasteiger charge is -2.29. The summed E-state index contributed by atoms with van der Waals surface area (Å²) in [5, 5.41) is 21.3. The van der Waals surface area contributed by atoms with Crippen LogP contribution in [0.5, 0.6) is 0 Å². The first-order chi connectivity index (χ1) is 12.6. The van der Waals surface area contributed by atoms with Gasteiger partial charge in [-0.1, -0.05) is 5.92 Å². The Hall–Kier alpha value is -1.83. The highest BCUT2D eigenvalue weighted by atomic mass is 32.2. The predicted molar refractivity (Wildman–Crippen MR) is 99.6 cm³/mol. The molecule has 0 aromatic carbocycles. The Morgan fingerprint density at radius 1 is 1.31 bits per heavy atom. The van der Waals surface area contributed by atoms with Crippen LogP contribution < -0.4 is 5.73 Å². The maximum atomic E-state index is 10.7. The second-order valence-electron chi connectivity index (χ2n) is 6.51. The Balaban J connectivity index is 1.63. The summed E-state index contributed by atoms with van der Waals surface area (Å²) < 4.78 is 7.17. The van der Waals surface area contributed by atoms with Crippen LogP contribution in [0, 0.1) is 12.3 Å². The van der Waals surface area contributed by atoms with Gasteiger partial charge in [0, 0.05) is 31.1 Å². The van der Waals surface area contributed by atoms with Crippen molar-refractivity contribution in [2.75, 3.05) is 38.6 Å². The molecule has 2 aliphatic heterocycles. The zero-order valence-corrected chi connectivity index (χ0v) is 15.0. The van der Waals surface area contributed by atoms with Gasteiger partial charge in [-0.2, -0.15) is 0 Å². The van der Waals surface area contributed by atoms with Crippen molar-refractivity contribution in [2.45, 2.75) is 22.8 Å². The lowest BCUT2D eigenvalue weighted by atomic mass is 10.1. The van der Waals surface area contributed by atoms with E-state index < -0.39 is 17.6 Å². The molecule has 2 aliphatic rings. The van der Waals surface area contributed by atoms with E-state index in [4.69, 9.17) is 16.9 Å². The number of terminal acetylenes is 1. The highest BCUT2D eigenvalue weighted by Crippen LogP contribution is 2.44. The third-order valence-electron chi connectivity index (χ3n) is 4.95. The number of morpholine rings is 1. The number of nitrogens with zero attached hydrogens (tertiary/aromatic N) is 4. The summed E-state index contributed by atoms with van der Waals surface area (Å²) in [6, 6.07) is 0. The average molecular weight is 375 g/mol. The normalized spacial score (nSPS) is 29.9. The van der Waals surface area contributed by atoms with Crippen molar-refractivity contribution in [1.82, 2.24) is 19.4 Å². The van der Waals surface area contributed by atoms with Crippen molar-refractivity contribution >= 4 is 28.6 Å². The van der Waals surface area contributed by atoms with Crippen LogP contribution in [-0.2, 0) is 4.74 Å². The summed E-state index contributed by atoms with van der Waals surface area (Å²) in [6.45, 7) is 3.76. The number of aliphatic hydroxyl groups excluding tert-OH is 2. The SMILES string of the molecule is C#Cc1cn([C@@H]2S[C@H](CN3CCOCC3)C(O)C2O)c2ncnc(N)c12. The van der Waals surface area contributed by atoms with Crippen LogP contribution in [0.15, 0.2) is 12.5 Å². The van der Waals surface area contributed by atoms with Gasteiger partial charge in [0.15, 0.2) is 0 Å². The van der Waals surface area contributed by atoms with Gasteiger partial charge in [0.2, 0.25) is 0 Å². The summed E-state index contributed by atoms with van der Waals surface area (Å²) in [5.74, 6) is 2.91. The van der Waals surface area contributed by atoms with E-state index in [1.807, 2.05) is 0 Å². The van der Waals surface area contributed by atoms with Gasteiger partial charge >= 0.3 is 0 Å². The molecule has 2 unspecified atom stereocenters. The smallest absolute Gasteiger partial charge is 0.147 e. The molecule has 2 aromatic heterocycles. The third kappa shape index (κ3) is 2.94. The Morgan fingerprint density at radius 2 is 2.08 bits per heavy atom. The van der Waals surface area contributed by atoms with E-state index in [-0.39, 0.29) is 5.25 Å². The molecule has 9 heteroatoms.